The summed E-state index contributed by atoms with van der Waals surface area (Å²) in [4.78, 5) is 64.8. The van der Waals surface area contributed by atoms with Crippen LogP contribution in [0.15, 0.2) is 79.3 Å². The van der Waals surface area contributed by atoms with Crippen LogP contribution in [-0.2, 0) is 115 Å². The van der Waals surface area contributed by atoms with Crippen molar-refractivity contribution in [2.24, 2.45) is 17.8 Å². The average molecular weight is 1300 g/mol. The molecule has 9 rings (SSSR count). The number of alkyl halides is 2. The maximum atomic E-state index is 14.0. The number of benzene rings is 2. The molecule has 0 aliphatic carbocycles. The lowest BCUT2D eigenvalue weighted by Crippen LogP contribution is -2.59. The lowest BCUT2D eigenvalue weighted by molar-refractivity contribution is -0.350. The molecule has 4 aliphatic heterocycles. The van der Waals surface area contributed by atoms with Gasteiger partial charge in [0.25, 0.3) is 0 Å². The van der Waals surface area contributed by atoms with Gasteiger partial charge in [-0.15, -0.1) is 38.5 Å². The molecule has 19 atom stereocenters. The van der Waals surface area contributed by atoms with Crippen LogP contribution in [0.2, 0.25) is 0 Å². The van der Waals surface area contributed by atoms with Gasteiger partial charge in [0, 0.05) is 45.6 Å². The molecule has 0 unspecified atom stereocenters. The summed E-state index contributed by atoms with van der Waals surface area (Å²) in [6.07, 6.45) is -13.0. The molecule has 90 heavy (non-hydrogen) atoms. The molecule has 3 aromatic heterocycles. The van der Waals surface area contributed by atoms with Crippen molar-refractivity contribution >= 4 is 53.0 Å². The molecule has 4 fully saturated rings. The van der Waals surface area contributed by atoms with Crippen LogP contribution >= 0.6 is 23.2 Å². The Morgan fingerprint density at radius 2 is 1.14 bits per heavy atom. The molecule has 30 nitrogen and oxygen atoms in total. The van der Waals surface area contributed by atoms with Crippen LogP contribution in [0.4, 0.5) is 0 Å². The number of rotatable bonds is 26. The van der Waals surface area contributed by atoms with Gasteiger partial charge in [-0.2, -0.15) is 0 Å². The fourth-order valence-electron chi connectivity index (χ4n) is 10.9. The number of carbonyl (C=O) groups excluding carboxylic acids is 5. The van der Waals surface area contributed by atoms with E-state index >= 15 is 0 Å². The molecule has 4 saturated heterocycles. The largest absolute Gasteiger partial charge is 0.463 e. The summed E-state index contributed by atoms with van der Waals surface area (Å²) >= 11 is 13.5. The van der Waals surface area contributed by atoms with Gasteiger partial charge in [0.1, 0.15) is 79.7 Å². The van der Waals surface area contributed by atoms with Crippen LogP contribution in [-0.4, -0.2) is 206 Å². The number of halogens is 2. The van der Waals surface area contributed by atoms with Crippen LogP contribution in [0, 0.1) is 17.8 Å². The van der Waals surface area contributed by atoms with Crippen molar-refractivity contribution in [2.75, 3.05) is 19.1 Å². The first-order valence-electron chi connectivity index (χ1n) is 29.2. The number of nitrogens with zero attached hydrogens (tertiary/aromatic N) is 9. The first-order valence-corrected chi connectivity index (χ1v) is 30.1. The maximum Gasteiger partial charge on any atom is 0.338 e. The van der Waals surface area contributed by atoms with E-state index in [-0.39, 0.29) is 74.5 Å². The molecule has 7 heterocycles. The van der Waals surface area contributed by atoms with Gasteiger partial charge >= 0.3 is 29.8 Å². The van der Waals surface area contributed by atoms with Gasteiger partial charge in [0.2, 0.25) is 0 Å². The van der Waals surface area contributed by atoms with Gasteiger partial charge in [-0.05, 0) is 31.2 Å². The van der Waals surface area contributed by atoms with Crippen LogP contribution in [0.5, 0.6) is 0 Å². The molecule has 0 saturated carbocycles. The highest BCUT2D eigenvalue weighted by Crippen LogP contribution is 2.45. The quantitative estimate of drug-likeness (QED) is 0.0406. The summed E-state index contributed by atoms with van der Waals surface area (Å²) in [6, 6.07) is 16.4. The molecule has 3 N–H and O–H groups in total. The fourth-order valence-corrected chi connectivity index (χ4v) is 11.6. The summed E-state index contributed by atoms with van der Waals surface area (Å²) in [5, 5.41) is 57.1. The average Bonchev–Trinajstić information content (AvgIpc) is 1.54. The fraction of sp³-hybridized carbons (Fsp3) is 0.603. The van der Waals surface area contributed by atoms with Crippen molar-refractivity contribution in [1.82, 2.24) is 45.0 Å². The molecule has 0 radical (unpaired) electrons. The van der Waals surface area contributed by atoms with Gasteiger partial charge in [-0.3, -0.25) is 14.4 Å². The highest BCUT2D eigenvalue weighted by molar-refractivity contribution is 6.21. The van der Waals surface area contributed by atoms with Crippen LogP contribution in [0.25, 0.3) is 0 Å². The zero-order valence-electron chi connectivity index (χ0n) is 50.2. The Labute approximate surface area is 526 Å². The zero-order chi connectivity index (χ0) is 64.4. The number of hydrogen-bond acceptors (Lipinski definition) is 27. The smallest absolute Gasteiger partial charge is 0.338 e. The second-order valence-electron chi connectivity index (χ2n) is 22.3. The number of aliphatic hydroxyl groups excluding tert-OH is 3. The number of hydrogen-bond donors (Lipinski definition) is 3. The summed E-state index contributed by atoms with van der Waals surface area (Å²) < 4.78 is 83.1. The first-order chi connectivity index (χ1) is 43.1. The second kappa shape index (κ2) is 30.6. The summed E-state index contributed by atoms with van der Waals surface area (Å²) in [6.45, 7) is 10.4. The molecule has 4 aliphatic rings. The predicted molar refractivity (Wildman–Crippen MR) is 305 cm³/mol. The van der Waals surface area contributed by atoms with E-state index in [1.54, 1.807) is 93.8 Å². The van der Waals surface area contributed by atoms with Crippen molar-refractivity contribution in [3.05, 3.63) is 107 Å². The number of carbonyl (C=O) groups is 5. The van der Waals surface area contributed by atoms with E-state index < -0.39 is 145 Å². The maximum absolute atomic E-state index is 14.0. The molecular weight excluding hydrogens is 1230 g/mol. The summed E-state index contributed by atoms with van der Waals surface area (Å²) in [5.41, 5.74) is 1.51. The number of aliphatic hydroxyl groups is 3. The van der Waals surface area contributed by atoms with Crippen LogP contribution in [0.3, 0.4) is 0 Å². The Kier molecular flexibility index (Phi) is 23.1. The monoisotopic (exact) mass is 1300 g/mol. The number of aromatic nitrogens is 9. The van der Waals surface area contributed by atoms with Crippen LogP contribution in [0.1, 0.15) is 86.3 Å². The second-order valence-corrected chi connectivity index (χ2v) is 23.0. The number of ether oxygens (including phenoxy) is 13. The van der Waals surface area contributed by atoms with E-state index in [4.69, 9.17) is 84.8 Å². The lowest BCUT2D eigenvalue weighted by atomic mass is 9.89. The Bertz CT molecular complexity index is 3180. The van der Waals surface area contributed by atoms with Gasteiger partial charge < -0.3 is 76.9 Å². The van der Waals surface area contributed by atoms with E-state index in [1.807, 2.05) is 6.92 Å². The Morgan fingerprint density at radius 3 is 1.76 bits per heavy atom. The van der Waals surface area contributed by atoms with E-state index in [0.717, 1.165) is 0 Å². The number of esters is 5. The standard InChI is InChI=1S/C58H73Cl2N9O21/c1-8-78-25-39-21-67(64-62-39)23-42-46(73)47(74)48(75)56(85-42)81-29-69-20-38(61-66-69)19-41-52(88-54(77)37-17-13-10-14-18-37)49(87-53(76)36-15-11-9-12-16-36)31(3)55(84-41)80-26-40-22-68(65-63-40)24-43-51(83-35(7)72)32(4)58(28-59,89-43)90-57-50(82-34(6)71)30(2)45(60)44(86-57)27-79-33(5)70/h9-18,20-22,30-32,41-52,55-57,73-75H,8,19,23-29H2,1-7H3/t30-,31-,32-,41+,42-,43+,44+,45+,46+,47+,48+,49+,50+,51-,52-,55+,56-,57+,58-/m0/s1. The van der Waals surface area contributed by atoms with Crippen molar-refractivity contribution in [3.8, 4) is 0 Å². The van der Waals surface area contributed by atoms with E-state index in [9.17, 15) is 39.3 Å². The van der Waals surface area contributed by atoms with Crippen molar-refractivity contribution in [3.63, 3.8) is 0 Å². The van der Waals surface area contributed by atoms with Gasteiger partial charge in [0.05, 0.1) is 78.9 Å². The molecule has 490 valence electrons. The minimum atomic E-state index is -1.74. The zero-order valence-corrected chi connectivity index (χ0v) is 51.7. The molecule has 32 heteroatoms. The predicted octanol–water partition coefficient (Wildman–Crippen LogP) is 2.43. The summed E-state index contributed by atoms with van der Waals surface area (Å²) in [7, 11) is 0. The normalized spacial score (nSPS) is 31.8. The highest BCUT2D eigenvalue weighted by atomic mass is 35.5. The minimum absolute atomic E-state index is 0.0533. The van der Waals surface area contributed by atoms with E-state index in [0.29, 0.717) is 12.3 Å². The molecule has 2 aromatic carbocycles. The van der Waals surface area contributed by atoms with Crippen molar-refractivity contribution in [1.29, 1.82) is 0 Å². The Morgan fingerprint density at radius 1 is 0.589 bits per heavy atom. The SMILES string of the molecule is CCOCc1cn(C[C@@H]2O[C@H](OCn3cc(C[C@H]4O[C@@H](OCc5cn(C[C@H]6O[C@@](CCl)(O[C@H]7O[C@H](COC(C)=O)[C@H](Cl)[C@H](C)[C@H]7OC(C)=O)[C@@H](C)[C@@H]6OC(C)=O)nn5)[C@@H](C)[C@@H](OC(=O)c5ccccc5)[C@H]4OC(=O)c4ccccc4)nn3)[C@H](O)[C@H](O)[C@@H]2O)nn1. The molecular formula is C58H73Cl2N9O21. The molecule has 0 bridgehead atoms. The van der Waals surface area contributed by atoms with E-state index in [1.165, 1.54) is 41.0 Å². The first kappa shape index (κ1) is 67.7. The molecule has 0 spiro atoms. The topological polar surface area (TPSA) is 358 Å². The minimum Gasteiger partial charge on any atom is -0.463 e. The third-order valence-corrected chi connectivity index (χ3v) is 16.7. The van der Waals surface area contributed by atoms with Gasteiger partial charge in [-0.1, -0.05) is 72.8 Å². The van der Waals surface area contributed by atoms with Gasteiger partial charge in [0.15, 0.2) is 36.9 Å². The van der Waals surface area contributed by atoms with Crippen molar-refractivity contribution in [2.45, 2.75) is 185 Å². The third-order valence-electron chi connectivity index (χ3n) is 15.7. The molecule has 5 aromatic rings. The third kappa shape index (κ3) is 16.5. The molecule has 0 amide bonds. The van der Waals surface area contributed by atoms with Crippen molar-refractivity contribution < 1.29 is 101 Å². The lowest BCUT2D eigenvalue weighted by Gasteiger charge is -2.45. The van der Waals surface area contributed by atoms with E-state index in [2.05, 4.69) is 30.9 Å². The Balaban J connectivity index is 0.922. The highest BCUT2D eigenvalue weighted by Gasteiger charge is 2.59. The van der Waals surface area contributed by atoms with Gasteiger partial charge in [-0.25, -0.2) is 23.6 Å². The van der Waals surface area contributed by atoms with Crippen LogP contribution < -0.4 is 0 Å². The Hall–Kier alpha value is -6.65. The summed E-state index contributed by atoms with van der Waals surface area (Å²) in [5.74, 6) is -7.61.